The van der Waals surface area contributed by atoms with E-state index in [1.54, 1.807) is 13.0 Å². The van der Waals surface area contributed by atoms with Crippen LogP contribution in [0, 0.1) is 5.82 Å². The van der Waals surface area contributed by atoms with Crippen LogP contribution < -0.4 is 4.74 Å². The van der Waals surface area contributed by atoms with Crippen LogP contribution in [0.1, 0.15) is 43.5 Å². The lowest BCUT2D eigenvalue weighted by atomic mass is 9.93. The third-order valence-corrected chi connectivity index (χ3v) is 5.71. The molecule has 0 aliphatic heterocycles. The molecule has 3 aromatic rings. The normalized spacial score (nSPS) is 14.0. The van der Waals surface area contributed by atoms with Gasteiger partial charge in [-0.2, -0.15) is 5.10 Å². The van der Waals surface area contributed by atoms with Crippen molar-refractivity contribution < 1.29 is 18.7 Å². The van der Waals surface area contributed by atoms with E-state index < -0.39 is 5.82 Å². The minimum absolute atomic E-state index is 0.0393. The fourth-order valence-corrected chi connectivity index (χ4v) is 3.89. The minimum atomic E-state index is -0.410. The Morgan fingerprint density at radius 1 is 1.28 bits per heavy atom. The fourth-order valence-electron chi connectivity index (χ4n) is 3.53. The summed E-state index contributed by atoms with van der Waals surface area (Å²) >= 11 is 3.52. The predicted octanol–water partition coefficient (Wildman–Crippen LogP) is 5.35. The van der Waals surface area contributed by atoms with E-state index >= 15 is 0 Å². The summed E-state index contributed by atoms with van der Waals surface area (Å²) in [5.41, 5.74) is 2.46. The van der Waals surface area contributed by atoms with Gasteiger partial charge in [0.1, 0.15) is 18.2 Å². The summed E-state index contributed by atoms with van der Waals surface area (Å²) in [6, 6.07) is 10.6. The summed E-state index contributed by atoms with van der Waals surface area (Å²) in [6.45, 7) is 2.30. The van der Waals surface area contributed by atoms with Crippen LogP contribution in [0.5, 0.6) is 5.75 Å². The average Bonchev–Trinajstić information content (AvgIpc) is 2.98. The van der Waals surface area contributed by atoms with Crippen LogP contribution in [0.2, 0.25) is 0 Å². The average molecular weight is 461 g/mol. The van der Waals surface area contributed by atoms with E-state index in [1.807, 2.05) is 22.9 Å². The van der Waals surface area contributed by atoms with Gasteiger partial charge in [-0.1, -0.05) is 22.0 Å². The van der Waals surface area contributed by atoms with Crippen LogP contribution in [-0.4, -0.2) is 22.4 Å². The molecule has 1 heterocycles. The van der Waals surface area contributed by atoms with Crippen molar-refractivity contribution in [2.75, 3.05) is 6.61 Å². The number of carbonyl (C=O) groups excluding carboxylic acids is 1. The number of aromatic nitrogens is 2. The lowest BCUT2D eigenvalue weighted by molar-refractivity contribution is -0.142. The van der Waals surface area contributed by atoms with Crippen molar-refractivity contribution in [3.8, 4) is 5.75 Å². The molecule has 1 fully saturated rings. The summed E-state index contributed by atoms with van der Waals surface area (Å²) in [7, 11) is 0. The Hall–Kier alpha value is -2.41. The summed E-state index contributed by atoms with van der Waals surface area (Å²) in [4.78, 5) is 11.9. The van der Waals surface area contributed by atoms with Gasteiger partial charge in [0, 0.05) is 21.5 Å². The number of ether oxygens (including phenoxy) is 2. The number of halogens is 2. The van der Waals surface area contributed by atoms with E-state index in [4.69, 9.17) is 14.6 Å². The maximum atomic E-state index is 13.9. The zero-order chi connectivity index (χ0) is 20.4. The van der Waals surface area contributed by atoms with Crippen LogP contribution in [0.4, 0.5) is 4.39 Å². The molecule has 0 spiro atoms. The molecule has 5 nitrogen and oxygen atoms in total. The third-order valence-electron chi connectivity index (χ3n) is 5.22. The van der Waals surface area contributed by atoms with Crippen LogP contribution in [0.15, 0.2) is 40.9 Å². The van der Waals surface area contributed by atoms with Crippen molar-refractivity contribution in [3.63, 3.8) is 0 Å². The molecule has 152 valence electrons. The smallest absolute Gasteiger partial charge is 0.310 e. The van der Waals surface area contributed by atoms with Gasteiger partial charge in [-0.3, -0.25) is 9.48 Å². The highest BCUT2D eigenvalue weighted by molar-refractivity contribution is 9.10. The van der Waals surface area contributed by atoms with E-state index in [2.05, 4.69) is 15.9 Å². The van der Waals surface area contributed by atoms with Gasteiger partial charge < -0.3 is 9.47 Å². The molecule has 0 bridgehead atoms. The van der Waals surface area contributed by atoms with Crippen molar-refractivity contribution in [2.45, 2.75) is 45.3 Å². The molecular formula is C22H22BrFN2O3. The number of carbonyl (C=O) groups is 1. The Bertz CT molecular complexity index is 1050. The van der Waals surface area contributed by atoms with Gasteiger partial charge in [-0.05, 0) is 50.5 Å². The summed E-state index contributed by atoms with van der Waals surface area (Å²) in [5.74, 6) is -0.423. The SMILES string of the molecule is CCOC(=O)Cc1ccc(F)cc1OCc1c2cc(Br)ccc2nn1C1CCC1. The van der Waals surface area contributed by atoms with Gasteiger partial charge in [-0.15, -0.1) is 0 Å². The second-order valence-electron chi connectivity index (χ2n) is 7.16. The molecule has 4 rings (SSSR count). The number of hydrogen-bond acceptors (Lipinski definition) is 4. The molecule has 29 heavy (non-hydrogen) atoms. The molecule has 2 aromatic carbocycles. The third kappa shape index (κ3) is 4.29. The van der Waals surface area contributed by atoms with E-state index in [1.165, 1.54) is 18.6 Å². The Morgan fingerprint density at radius 2 is 2.10 bits per heavy atom. The molecule has 0 saturated heterocycles. The number of rotatable bonds is 7. The first-order valence-corrected chi connectivity index (χ1v) is 10.6. The summed E-state index contributed by atoms with van der Waals surface area (Å²) in [5, 5.41) is 5.78. The fraction of sp³-hybridized carbons (Fsp3) is 0.364. The summed E-state index contributed by atoms with van der Waals surface area (Å²) in [6.07, 6.45) is 3.42. The molecule has 1 saturated carbocycles. The number of hydrogen-bond donors (Lipinski definition) is 0. The van der Waals surface area contributed by atoms with Gasteiger partial charge in [-0.25, -0.2) is 4.39 Å². The molecule has 1 aliphatic rings. The Morgan fingerprint density at radius 3 is 2.83 bits per heavy atom. The Kier molecular flexibility index (Phi) is 5.85. The quantitative estimate of drug-likeness (QED) is 0.446. The van der Waals surface area contributed by atoms with Crippen LogP contribution >= 0.6 is 15.9 Å². The predicted molar refractivity (Wildman–Crippen MR) is 111 cm³/mol. The standard InChI is InChI=1S/C22H22BrFN2O3/c1-2-28-22(27)10-14-6-8-16(24)12-21(14)29-13-20-18-11-15(23)7-9-19(18)25-26(20)17-4-3-5-17/h6-9,11-12,17H,2-5,10,13H2,1H3. The maximum Gasteiger partial charge on any atom is 0.310 e. The van der Waals surface area contributed by atoms with Crippen molar-refractivity contribution in [1.29, 1.82) is 0 Å². The zero-order valence-electron chi connectivity index (χ0n) is 16.2. The molecule has 1 aromatic heterocycles. The van der Waals surface area contributed by atoms with Gasteiger partial charge in [0.25, 0.3) is 0 Å². The first-order valence-electron chi connectivity index (χ1n) is 9.78. The van der Waals surface area contributed by atoms with Crippen LogP contribution in [-0.2, 0) is 22.6 Å². The molecule has 1 aliphatic carbocycles. The van der Waals surface area contributed by atoms with Gasteiger partial charge >= 0.3 is 5.97 Å². The van der Waals surface area contributed by atoms with Crippen LogP contribution in [0.3, 0.4) is 0 Å². The number of benzene rings is 2. The van der Waals surface area contributed by atoms with Gasteiger partial charge in [0.2, 0.25) is 0 Å². The number of nitrogens with zero attached hydrogens (tertiary/aromatic N) is 2. The monoisotopic (exact) mass is 460 g/mol. The van der Waals surface area contributed by atoms with Crippen LogP contribution in [0.25, 0.3) is 10.9 Å². The van der Waals surface area contributed by atoms with E-state index in [9.17, 15) is 9.18 Å². The van der Waals surface area contributed by atoms with E-state index in [0.29, 0.717) is 24.0 Å². The van der Waals surface area contributed by atoms with Crippen molar-refractivity contribution in [2.24, 2.45) is 0 Å². The second kappa shape index (κ2) is 8.53. The molecule has 0 radical (unpaired) electrons. The lowest BCUT2D eigenvalue weighted by Crippen LogP contribution is -2.21. The van der Waals surface area contributed by atoms with Crippen molar-refractivity contribution >= 4 is 32.8 Å². The van der Waals surface area contributed by atoms with E-state index in [-0.39, 0.29) is 19.0 Å². The Balaban J connectivity index is 1.63. The molecular weight excluding hydrogens is 439 g/mol. The minimum Gasteiger partial charge on any atom is -0.487 e. The summed E-state index contributed by atoms with van der Waals surface area (Å²) < 4.78 is 27.9. The lowest BCUT2D eigenvalue weighted by Gasteiger charge is -2.27. The van der Waals surface area contributed by atoms with Crippen molar-refractivity contribution in [1.82, 2.24) is 9.78 Å². The largest absolute Gasteiger partial charge is 0.487 e. The van der Waals surface area contributed by atoms with Gasteiger partial charge in [0.15, 0.2) is 0 Å². The highest BCUT2D eigenvalue weighted by atomic mass is 79.9. The molecule has 7 heteroatoms. The van der Waals surface area contributed by atoms with E-state index in [0.717, 1.165) is 33.9 Å². The highest BCUT2D eigenvalue weighted by Gasteiger charge is 2.25. The Labute approximate surface area is 176 Å². The molecule has 0 amide bonds. The first kappa shape index (κ1) is 19.9. The molecule has 0 atom stereocenters. The number of esters is 1. The number of fused-ring (bicyclic) bond motifs is 1. The molecule has 0 N–H and O–H groups in total. The molecule has 0 unspecified atom stereocenters. The second-order valence-corrected chi connectivity index (χ2v) is 8.08. The van der Waals surface area contributed by atoms with Gasteiger partial charge in [0.05, 0.1) is 30.3 Å². The highest BCUT2D eigenvalue weighted by Crippen LogP contribution is 2.35. The first-order chi connectivity index (χ1) is 14.0. The maximum absolute atomic E-state index is 13.9. The van der Waals surface area contributed by atoms with Crippen molar-refractivity contribution in [3.05, 3.63) is 57.9 Å². The topological polar surface area (TPSA) is 53.4 Å². The zero-order valence-corrected chi connectivity index (χ0v) is 17.7.